The highest BCUT2D eigenvalue weighted by molar-refractivity contribution is 5.96. The highest BCUT2D eigenvalue weighted by Crippen LogP contribution is 2.44. The van der Waals surface area contributed by atoms with E-state index in [1.165, 1.54) is 19.2 Å². The molecule has 2 aliphatic rings. The van der Waals surface area contributed by atoms with Gasteiger partial charge < -0.3 is 19.9 Å². The molecule has 2 aromatic carbocycles. The summed E-state index contributed by atoms with van der Waals surface area (Å²) in [5.41, 5.74) is 2.03. The van der Waals surface area contributed by atoms with Crippen molar-refractivity contribution in [2.75, 3.05) is 12.4 Å². The van der Waals surface area contributed by atoms with E-state index in [-0.39, 0.29) is 23.1 Å². The summed E-state index contributed by atoms with van der Waals surface area (Å²) in [6.07, 6.45) is 4.62. The number of benzene rings is 2. The zero-order valence-electron chi connectivity index (χ0n) is 15.6. The number of aliphatic carboxylic acids is 1. The third-order valence-electron chi connectivity index (χ3n) is 5.36. The van der Waals surface area contributed by atoms with Crippen LogP contribution >= 0.6 is 0 Å². The quantitative estimate of drug-likeness (QED) is 0.467. The predicted molar refractivity (Wildman–Crippen MR) is 104 cm³/mol. The molecule has 0 saturated carbocycles. The van der Waals surface area contributed by atoms with Crippen LogP contribution in [0.3, 0.4) is 0 Å². The Hall–Kier alpha value is -3.61. The van der Waals surface area contributed by atoms with E-state index in [9.17, 15) is 19.5 Å². The molecule has 7 nitrogen and oxygen atoms in total. The van der Waals surface area contributed by atoms with Gasteiger partial charge in [-0.15, -0.1) is 0 Å². The van der Waals surface area contributed by atoms with Crippen LogP contribution < -0.4 is 10.1 Å². The molecule has 1 aliphatic heterocycles. The second-order valence-corrected chi connectivity index (χ2v) is 6.99. The summed E-state index contributed by atoms with van der Waals surface area (Å²) >= 11 is 0. The lowest BCUT2D eigenvalue weighted by Gasteiger charge is -2.34. The number of para-hydroxylation sites is 1. The molecule has 0 amide bonds. The topological polar surface area (TPSA) is 102 Å². The lowest BCUT2D eigenvalue weighted by atomic mass is 9.79. The van der Waals surface area contributed by atoms with Gasteiger partial charge in [-0.3, -0.25) is 0 Å². The summed E-state index contributed by atoms with van der Waals surface area (Å²) in [5, 5.41) is 12.6. The van der Waals surface area contributed by atoms with E-state index in [2.05, 4.69) is 5.32 Å². The minimum Gasteiger partial charge on any atom is -0.480 e. The highest BCUT2D eigenvalue weighted by Gasteiger charge is 2.41. The Bertz CT molecular complexity index is 1030. The van der Waals surface area contributed by atoms with Gasteiger partial charge in [0, 0.05) is 17.5 Å². The Morgan fingerprint density at radius 2 is 1.90 bits per heavy atom. The van der Waals surface area contributed by atoms with Crippen LogP contribution in [0.4, 0.5) is 5.69 Å². The second-order valence-electron chi connectivity index (χ2n) is 6.99. The SMILES string of the molecule is COC(=O)c1ccccc1OC(=O)c1ccc2c(c1)[C@H]1C=CC[C@H]1[C@H](C(=O)O)N2. The van der Waals surface area contributed by atoms with Crippen molar-refractivity contribution < 1.29 is 29.0 Å². The molecule has 0 fully saturated rings. The number of ether oxygens (including phenoxy) is 2. The minimum atomic E-state index is -0.891. The monoisotopic (exact) mass is 393 g/mol. The molecule has 1 heterocycles. The van der Waals surface area contributed by atoms with E-state index in [1.54, 1.807) is 30.3 Å². The Morgan fingerprint density at radius 1 is 1.10 bits per heavy atom. The zero-order valence-corrected chi connectivity index (χ0v) is 15.6. The van der Waals surface area contributed by atoms with Crippen LogP contribution in [0.2, 0.25) is 0 Å². The van der Waals surface area contributed by atoms with Gasteiger partial charge in [-0.2, -0.15) is 0 Å². The molecule has 0 radical (unpaired) electrons. The van der Waals surface area contributed by atoms with E-state index in [0.29, 0.717) is 17.7 Å². The maximum atomic E-state index is 12.7. The van der Waals surface area contributed by atoms with E-state index >= 15 is 0 Å². The first-order chi connectivity index (χ1) is 14.0. The summed E-state index contributed by atoms with van der Waals surface area (Å²) in [6, 6.07) is 10.7. The summed E-state index contributed by atoms with van der Waals surface area (Å²) < 4.78 is 10.2. The van der Waals surface area contributed by atoms with E-state index < -0.39 is 23.9 Å². The average molecular weight is 393 g/mol. The van der Waals surface area contributed by atoms with Gasteiger partial charge >= 0.3 is 17.9 Å². The molecule has 4 rings (SSSR count). The molecular formula is C22H19NO6. The maximum Gasteiger partial charge on any atom is 0.343 e. The number of carboxylic acid groups (broad SMARTS) is 1. The molecular weight excluding hydrogens is 374 g/mol. The molecule has 0 saturated heterocycles. The zero-order chi connectivity index (χ0) is 20.5. The normalized spacial score (nSPS) is 21.5. The molecule has 2 N–H and O–H groups in total. The lowest BCUT2D eigenvalue weighted by Crippen LogP contribution is -2.41. The molecule has 7 heteroatoms. The summed E-state index contributed by atoms with van der Waals surface area (Å²) in [4.78, 5) is 36.2. The number of hydrogen-bond acceptors (Lipinski definition) is 6. The van der Waals surface area contributed by atoms with Gasteiger partial charge in [0.25, 0.3) is 0 Å². The molecule has 148 valence electrons. The van der Waals surface area contributed by atoms with Gasteiger partial charge in [0.05, 0.1) is 12.7 Å². The Kier molecular flexibility index (Phi) is 4.80. The number of fused-ring (bicyclic) bond motifs is 3. The molecule has 29 heavy (non-hydrogen) atoms. The molecule has 3 atom stereocenters. The van der Waals surface area contributed by atoms with Crippen molar-refractivity contribution in [3.63, 3.8) is 0 Å². The number of rotatable bonds is 4. The first-order valence-corrected chi connectivity index (χ1v) is 9.19. The number of hydrogen-bond donors (Lipinski definition) is 2. The highest BCUT2D eigenvalue weighted by atomic mass is 16.5. The van der Waals surface area contributed by atoms with Crippen LogP contribution in [0.1, 0.15) is 38.6 Å². The van der Waals surface area contributed by atoms with Crippen molar-refractivity contribution in [2.45, 2.75) is 18.4 Å². The molecule has 0 unspecified atom stereocenters. The standard InChI is InChI=1S/C22H19NO6/c1-28-22(27)15-5-2-3-8-18(15)29-21(26)12-9-10-17-16(11-12)13-6-4-7-14(13)19(23-17)20(24)25/h2-6,8-11,13-14,19,23H,7H2,1H3,(H,24,25)/t13-,14+,19+/m0/s1. The van der Waals surface area contributed by atoms with Crippen molar-refractivity contribution in [1.29, 1.82) is 0 Å². The van der Waals surface area contributed by atoms with Crippen molar-refractivity contribution in [1.82, 2.24) is 0 Å². The number of esters is 2. The minimum absolute atomic E-state index is 0.0811. The largest absolute Gasteiger partial charge is 0.480 e. The Labute approximate surface area is 166 Å². The van der Waals surface area contributed by atoms with Gasteiger partial charge in [0.2, 0.25) is 0 Å². The molecule has 0 spiro atoms. The van der Waals surface area contributed by atoms with Crippen molar-refractivity contribution >= 4 is 23.6 Å². The number of methoxy groups -OCH3 is 1. The average Bonchev–Trinajstić information content (AvgIpc) is 3.22. The molecule has 1 aliphatic carbocycles. The first-order valence-electron chi connectivity index (χ1n) is 9.19. The fourth-order valence-electron chi connectivity index (χ4n) is 3.96. The summed E-state index contributed by atoms with van der Waals surface area (Å²) in [7, 11) is 1.26. The third kappa shape index (κ3) is 3.35. The van der Waals surface area contributed by atoms with Crippen LogP contribution in [-0.4, -0.2) is 36.2 Å². The predicted octanol–water partition coefficient (Wildman–Crippen LogP) is 3.23. The number of nitrogens with one attached hydrogen (secondary N) is 1. The molecule has 2 aromatic rings. The van der Waals surface area contributed by atoms with Crippen LogP contribution in [0.15, 0.2) is 54.6 Å². The van der Waals surface area contributed by atoms with Crippen LogP contribution in [-0.2, 0) is 9.53 Å². The molecule has 0 aromatic heterocycles. The number of allylic oxidation sites excluding steroid dienone is 2. The van der Waals surface area contributed by atoms with Crippen molar-refractivity contribution in [2.24, 2.45) is 5.92 Å². The second kappa shape index (κ2) is 7.43. The third-order valence-corrected chi connectivity index (χ3v) is 5.36. The maximum absolute atomic E-state index is 12.7. The number of carbonyl (C=O) groups is 3. The van der Waals surface area contributed by atoms with E-state index in [0.717, 1.165) is 5.56 Å². The number of carboxylic acids is 1. The number of anilines is 1. The van der Waals surface area contributed by atoms with Gasteiger partial charge in [0.15, 0.2) is 0 Å². The number of carbonyl (C=O) groups excluding carboxylic acids is 2. The molecule has 0 bridgehead atoms. The van der Waals surface area contributed by atoms with E-state index in [4.69, 9.17) is 9.47 Å². The van der Waals surface area contributed by atoms with Crippen LogP contribution in [0.25, 0.3) is 0 Å². The van der Waals surface area contributed by atoms with Gasteiger partial charge in [-0.25, -0.2) is 14.4 Å². The first kappa shape index (κ1) is 18.7. The van der Waals surface area contributed by atoms with Gasteiger partial charge in [-0.05, 0) is 42.3 Å². The Balaban J connectivity index is 1.63. The fourth-order valence-corrected chi connectivity index (χ4v) is 3.96. The van der Waals surface area contributed by atoms with E-state index in [1.807, 2.05) is 12.2 Å². The smallest absolute Gasteiger partial charge is 0.343 e. The lowest BCUT2D eigenvalue weighted by molar-refractivity contribution is -0.139. The van der Waals surface area contributed by atoms with Crippen LogP contribution in [0, 0.1) is 5.92 Å². The van der Waals surface area contributed by atoms with Gasteiger partial charge in [-0.1, -0.05) is 24.3 Å². The Morgan fingerprint density at radius 3 is 2.66 bits per heavy atom. The summed E-state index contributed by atoms with van der Waals surface area (Å²) in [6.45, 7) is 0. The fraction of sp³-hybridized carbons (Fsp3) is 0.227. The summed E-state index contributed by atoms with van der Waals surface area (Å²) in [5.74, 6) is -2.17. The van der Waals surface area contributed by atoms with Crippen molar-refractivity contribution in [3.05, 3.63) is 71.3 Å². The van der Waals surface area contributed by atoms with Crippen molar-refractivity contribution in [3.8, 4) is 5.75 Å². The van der Waals surface area contributed by atoms with Crippen LogP contribution in [0.5, 0.6) is 5.75 Å². The van der Waals surface area contributed by atoms with Gasteiger partial charge in [0.1, 0.15) is 17.4 Å².